The third kappa shape index (κ3) is 3.10. The number of hydrogen-bond acceptors (Lipinski definition) is 5. The van der Waals surface area contributed by atoms with Gasteiger partial charge in [0.1, 0.15) is 6.61 Å². The number of likely N-dealkylation sites (N-methyl/N-ethyl adjacent to an activating group) is 1. The molecule has 0 atom stereocenters. The third-order valence-electron chi connectivity index (χ3n) is 1.72. The van der Waals surface area contributed by atoms with Crippen LogP contribution in [0.15, 0.2) is 12.1 Å². The fourth-order valence-electron chi connectivity index (χ4n) is 0.880. The summed E-state index contributed by atoms with van der Waals surface area (Å²) in [5.74, 6) is 0.825. The Morgan fingerprint density at radius 1 is 1.36 bits per heavy atom. The molecule has 0 aliphatic rings. The van der Waals surface area contributed by atoms with E-state index in [2.05, 4.69) is 4.98 Å². The molecule has 1 aromatic heterocycles. The molecule has 0 fully saturated rings. The summed E-state index contributed by atoms with van der Waals surface area (Å²) in [7, 11) is 3.96. The highest BCUT2D eigenvalue weighted by molar-refractivity contribution is 5.58. The van der Waals surface area contributed by atoms with Gasteiger partial charge in [-0.3, -0.25) is 0 Å². The molecule has 0 spiro atoms. The lowest BCUT2D eigenvalue weighted by Gasteiger charge is -2.10. The molecule has 0 aliphatic heterocycles. The average molecular weight is 196 g/mol. The first-order chi connectivity index (χ1) is 6.59. The number of nitrogens with two attached hydrogens (primary N) is 2. The second-order valence-corrected chi connectivity index (χ2v) is 3.28. The van der Waals surface area contributed by atoms with Crippen molar-refractivity contribution in [1.29, 1.82) is 0 Å². The maximum atomic E-state index is 5.53. The molecule has 0 aliphatic carbocycles. The first-order valence-corrected chi connectivity index (χ1v) is 4.39. The molecule has 0 bridgehead atoms. The Kier molecular flexibility index (Phi) is 3.53. The van der Waals surface area contributed by atoms with Gasteiger partial charge in [0.25, 0.3) is 0 Å². The molecule has 0 unspecified atom stereocenters. The molecule has 5 nitrogen and oxygen atoms in total. The highest BCUT2D eigenvalue weighted by atomic mass is 16.5. The summed E-state index contributed by atoms with van der Waals surface area (Å²) in [4.78, 5) is 6.01. The quantitative estimate of drug-likeness (QED) is 0.718. The van der Waals surface area contributed by atoms with Crippen molar-refractivity contribution in [3.63, 3.8) is 0 Å². The summed E-state index contributed by atoms with van der Waals surface area (Å²) in [5.41, 5.74) is 11.5. The second kappa shape index (κ2) is 4.66. The number of ether oxygens (including phenoxy) is 1. The van der Waals surface area contributed by atoms with Gasteiger partial charge in [0.2, 0.25) is 5.88 Å². The topological polar surface area (TPSA) is 77.4 Å². The van der Waals surface area contributed by atoms with Crippen LogP contribution in [0.4, 0.5) is 11.5 Å². The minimum Gasteiger partial charge on any atom is -0.476 e. The van der Waals surface area contributed by atoms with Crippen LogP contribution in [0, 0.1) is 0 Å². The molecule has 0 saturated heterocycles. The number of hydrogen-bond donors (Lipinski definition) is 2. The third-order valence-corrected chi connectivity index (χ3v) is 1.72. The minimum absolute atomic E-state index is 0.312. The Hall–Kier alpha value is -1.49. The fraction of sp³-hybridized carbons (Fsp3) is 0.444. The lowest BCUT2D eigenvalue weighted by atomic mass is 10.4. The van der Waals surface area contributed by atoms with E-state index in [1.54, 1.807) is 12.1 Å². The lowest BCUT2D eigenvalue weighted by molar-refractivity contribution is 0.254. The van der Waals surface area contributed by atoms with Crippen molar-refractivity contribution in [3.8, 4) is 5.88 Å². The smallest absolute Gasteiger partial charge is 0.215 e. The molecule has 0 aromatic carbocycles. The van der Waals surface area contributed by atoms with Gasteiger partial charge >= 0.3 is 0 Å². The first kappa shape index (κ1) is 10.6. The minimum atomic E-state index is 0.312. The Morgan fingerprint density at radius 2 is 2.07 bits per heavy atom. The Labute approximate surface area is 83.7 Å². The van der Waals surface area contributed by atoms with Gasteiger partial charge in [-0.2, -0.15) is 4.98 Å². The monoisotopic (exact) mass is 196 g/mol. The van der Waals surface area contributed by atoms with Crippen molar-refractivity contribution in [2.24, 2.45) is 0 Å². The molecule has 1 rings (SSSR count). The zero-order chi connectivity index (χ0) is 10.6. The van der Waals surface area contributed by atoms with E-state index < -0.39 is 0 Å². The number of aromatic nitrogens is 1. The zero-order valence-corrected chi connectivity index (χ0v) is 8.53. The summed E-state index contributed by atoms with van der Waals surface area (Å²) in [6.45, 7) is 1.43. The SMILES string of the molecule is CN(C)CCOc1ccc(N)c(N)n1. The van der Waals surface area contributed by atoms with Crippen LogP contribution in [0.25, 0.3) is 0 Å². The Balaban J connectivity index is 2.47. The van der Waals surface area contributed by atoms with Crippen molar-refractivity contribution >= 4 is 11.5 Å². The van der Waals surface area contributed by atoms with Gasteiger partial charge in [0.05, 0.1) is 5.69 Å². The van der Waals surface area contributed by atoms with Crippen molar-refractivity contribution < 1.29 is 4.74 Å². The zero-order valence-electron chi connectivity index (χ0n) is 8.53. The summed E-state index contributed by atoms with van der Waals surface area (Å²) >= 11 is 0. The van der Waals surface area contributed by atoms with E-state index in [9.17, 15) is 0 Å². The maximum Gasteiger partial charge on any atom is 0.215 e. The van der Waals surface area contributed by atoms with Crippen LogP contribution in [-0.2, 0) is 0 Å². The number of anilines is 2. The molecule has 0 amide bonds. The van der Waals surface area contributed by atoms with Crippen LogP contribution in [0.1, 0.15) is 0 Å². The van der Waals surface area contributed by atoms with Crippen LogP contribution >= 0.6 is 0 Å². The van der Waals surface area contributed by atoms with Crippen LogP contribution in [0.5, 0.6) is 5.88 Å². The van der Waals surface area contributed by atoms with Crippen LogP contribution in [-0.4, -0.2) is 37.1 Å². The molecule has 78 valence electrons. The molecule has 4 N–H and O–H groups in total. The molecular formula is C9H16N4O. The van der Waals surface area contributed by atoms with E-state index in [1.165, 1.54) is 0 Å². The highest BCUT2D eigenvalue weighted by Crippen LogP contribution is 2.15. The summed E-state index contributed by atoms with van der Waals surface area (Å²) in [6, 6.07) is 3.40. The van der Waals surface area contributed by atoms with Crippen molar-refractivity contribution in [2.45, 2.75) is 0 Å². The van der Waals surface area contributed by atoms with Crippen LogP contribution in [0.2, 0.25) is 0 Å². The van der Waals surface area contributed by atoms with E-state index in [0.29, 0.717) is 24.0 Å². The van der Waals surface area contributed by atoms with Crippen LogP contribution < -0.4 is 16.2 Å². The summed E-state index contributed by atoms with van der Waals surface area (Å²) < 4.78 is 5.36. The van der Waals surface area contributed by atoms with Crippen molar-refractivity contribution in [1.82, 2.24) is 9.88 Å². The molecule has 1 aromatic rings. The first-order valence-electron chi connectivity index (χ1n) is 4.39. The van der Waals surface area contributed by atoms with Gasteiger partial charge in [-0.25, -0.2) is 0 Å². The van der Waals surface area contributed by atoms with Crippen molar-refractivity contribution in [3.05, 3.63) is 12.1 Å². The molecule has 5 heteroatoms. The van der Waals surface area contributed by atoms with E-state index >= 15 is 0 Å². The van der Waals surface area contributed by atoms with E-state index in [0.717, 1.165) is 6.54 Å². The van der Waals surface area contributed by atoms with Crippen LogP contribution in [0.3, 0.4) is 0 Å². The molecule has 0 radical (unpaired) electrons. The second-order valence-electron chi connectivity index (χ2n) is 3.28. The summed E-state index contributed by atoms with van der Waals surface area (Å²) in [6.07, 6.45) is 0. The average Bonchev–Trinajstić information content (AvgIpc) is 2.10. The predicted molar refractivity (Wildman–Crippen MR) is 57.1 cm³/mol. The van der Waals surface area contributed by atoms with E-state index in [4.69, 9.17) is 16.2 Å². The maximum absolute atomic E-state index is 5.53. The molecule has 14 heavy (non-hydrogen) atoms. The standard InChI is InChI=1S/C9H16N4O/c1-13(2)5-6-14-8-4-3-7(10)9(11)12-8/h3-4H,5-6,10H2,1-2H3,(H2,11,12). The van der Waals surface area contributed by atoms with Gasteiger partial charge in [0, 0.05) is 12.6 Å². The number of nitrogen functional groups attached to an aromatic ring is 2. The lowest BCUT2D eigenvalue weighted by Crippen LogP contribution is -2.19. The predicted octanol–water partition coefficient (Wildman–Crippen LogP) is 0.186. The number of nitrogens with zero attached hydrogens (tertiary/aromatic N) is 2. The van der Waals surface area contributed by atoms with Gasteiger partial charge in [0.15, 0.2) is 5.82 Å². The van der Waals surface area contributed by atoms with Gasteiger partial charge in [-0.1, -0.05) is 0 Å². The van der Waals surface area contributed by atoms with Gasteiger partial charge < -0.3 is 21.1 Å². The molecular weight excluding hydrogens is 180 g/mol. The highest BCUT2D eigenvalue weighted by Gasteiger charge is 1.99. The molecule has 1 heterocycles. The van der Waals surface area contributed by atoms with E-state index in [1.807, 2.05) is 19.0 Å². The largest absolute Gasteiger partial charge is 0.476 e. The number of rotatable bonds is 4. The van der Waals surface area contributed by atoms with Crippen molar-refractivity contribution in [2.75, 3.05) is 38.7 Å². The fourth-order valence-corrected chi connectivity index (χ4v) is 0.880. The normalized spacial score (nSPS) is 10.5. The van der Waals surface area contributed by atoms with Gasteiger partial charge in [-0.05, 0) is 20.2 Å². The van der Waals surface area contributed by atoms with Gasteiger partial charge in [-0.15, -0.1) is 0 Å². The van der Waals surface area contributed by atoms with E-state index in [-0.39, 0.29) is 0 Å². The Morgan fingerprint density at radius 3 is 2.64 bits per heavy atom. The molecule has 0 saturated carbocycles. The Bertz CT molecular complexity index is 301. The summed E-state index contributed by atoms with van der Waals surface area (Å²) in [5, 5.41) is 0. The number of pyridine rings is 1.